The quantitative estimate of drug-likeness (QED) is 0.729. The Kier molecular flexibility index (Phi) is 4.90. The van der Waals surface area contributed by atoms with Crippen LogP contribution in [0.3, 0.4) is 0 Å². The van der Waals surface area contributed by atoms with E-state index in [1.807, 2.05) is 0 Å². The minimum absolute atomic E-state index is 0.704. The van der Waals surface area contributed by atoms with Crippen LogP contribution in [-0.2, 0) is 0 Å². The second kappa shape index (κ2) is 5.72. The van der Waals surface area contributed by atoms with E-state index < -0.39 is 0 Å². The van der Waals surface area contributed by atoms with Crippen molar-refractivity contribution in [2.24, 2.45) is 0 Å². The molecule has 0 aromatic rings. The molecule has 0 spiro atoms. The van der Waals surface area contributed by atoms with Crippen molar-refractivity contribution >= 4 is 0 Å². The summed E-state index contributed by atoms with van der Waals surface area (Å²) in [5, 5.41) is 3.40. The van der Waals surface area contributed by atoms with Crippen molar-refractivity contribution in [2.45, 2.75) is 64.6 Å². The van der Waals surface area contributed by atoms with Crippen molar-refractivity contribution in [1.29, 1.82) is 0 Å². The molecule has 84 valence electrons. The summed E-state index contributed by atoms with van der Waals surface area (Å²) in [6, 6.07) is 2.29. The predicted molar refractivity (Wildman–Crippen MR) is 62.6 cm³/mol. The van der Waals surface area contributed by atoms with Gasteiger partial charge in [-0.15, -0.1) is 0 Å². The van der Waals surface area contributed by atoms with E-state index in [0.717, 1.165) is 12.1 Å². The van der Waals surface area contributed by atoms with Gasteiger partial charge in [0.1, 0.15) is 0 Å². The van der Waals surface area contributed by atoms with Gasteiger partial charge in [0.2, 0.25) is 0 Å². The van der Waals surface area contributed by atoms with Gasteiger partial charge in [0, 0.05) is 18.1 Å². The van der Waals surface area contributed by atoms with E-state index in [0.29, 0.717) is 6.04 Å². The molecule has 1 rings (SSSR count). The second-order valence-corrected chi connectivity index (χ2v) is 4.78. The lowest BCUT2D eigenvalue weighted by atomic mass is 10.1. The average Bonchev–Trinajstić information content (AvgIpc) is 2.61. The van der Waals surface area contributed by atoms with Crippen LogP contribution < -0.4 is 5.32 Å². The molecule has 14 heavy (non-hydrogen) atoms. The van der Waals surface area contributed by atoms with E-state index in [2.05, 4.69) is 38.0 Å². The van der Waals surface area contributed by atoms with Gasteiger partial charge in [-0.2, -0.15) is 0 Å². The van der Waals surface area contributed by atoms with E-state index in [9.17, 15) is 0 Å². The lowest BCUT2D eigenvalue weighted by molar-refractivity contribution is 0.153. The van der Waals surface area contributed by atoms with Gasteiger partial charge in [-0.3, -0.25) is 4.90 Å². The molecule has 0 aromatic carbocycles. The summed E-state index contributed by atoms with van der Waals surface area (Å²) in [5.74, 6) is 0. The number of hydrogen-bond acceptors (Lipinski definition) is 2. The highest BCUT2D eigenvalue weighted by molar-refractivity contribution is 4.87. The third-order valence-corrected chi connectivity index (χ3v) is 3.43. The number of nitrogens with zero attached hydrogens (tertiary/aromatic N) is 1. The van der Waals surface area contributed by atoms with Crippen LogP contribution in [0.25, 0.3) is 0 Å². The molecular weight excluding hydrogens is 172 g/mol. The standard InChI is InChI=1S/C12H26N2/c1-5-8-14(10(2)3)12-7-6-11(9-12)13-4/h10-13H,5-9H2,1-4H3. The smallest absolute Gasteiger partial charge is 0.0113 e. The van der Waals surface area contributed by atoms with Crippen LogP contribution in [0, 0.1) is 0 Å². The van der Waals surface area contributed by atoms with E-state index in [1.165, 1.54) is 32.2 Å². The van der Waals surface area contributed by atoms with Gasteiger partial charge >= 0.3 is 0 Å². The Bertz CT molecular complexity index is 156. The van der Waals surface area contributed by atoms with Gasteiger partial charge in [-0.1, -0.05) is 6.92 Å². The van der Waals surface area contributed by atoms with Gasteiger partial charge in [-0.25, -0.2) is 0 Å². The number of rotatable bonds is 5. The monoisotopic (exact) mass is 198 g/mol. The lowest BCUT2D eigenvalue weighted by Gasteiger charge is -2.32. The van der Waals surface area contributed by atoms with Crippen LogP contribution in [0.4, 0.5) is 0 Å². The first-order valence-electron chi connectivity index (χ1n) is 6.12. The first-order valence-corrected chi connectivity index (χ1v) is 6.12. The molecule has 0 bridgehead atoms. The molecule has 0 aliphatic heterocycles. The molecule has 0 aromatic heterocycles. The molecule has 2 nitrogen and oxygen atoms in total. The summed E-state index contributed by atoms with van der Waals surface area (Å²) in [5.41, 5.74) is 0. The Morgan fingerprint density at radius 1 is 1.36 bits per heavy atom. The maximum atomic E-state index is 3.40. The van der Waals surface area contributed by atoms with E-state index in [-0.39, 0.29) is 0 Å². The van der Waals surface area contributed by atoms with Crippen LogP contribution in [0.15, 0.2) is 0 Å². The van der Waals surface area contributed by atoms with Crippen LogP contribution >= 0.6 is 0 Å². The Morgan fingerprint density at radius 3 is 2.50 bits per heavy atom. The van der Waals surface area contributed by atoms with Crippen molar-refractivity contribution in [3.8, 4) is 0 Å². The van der Waals surface area contributed by atoms with Crippen LogP contribution in [-0.4, -0.2) is 36.6 Å². The summed E-state index contributed by atoms with van der Waals surface area (Å²) >= 11 is 0. The highest BCUT2D eigenvalue weighted by Crippen LogP contribution is 2.25. The molecule has 2 heteroatoms. The first-order chi connectivity index (χ1) is 6.69. The molecule has 2 unspecified atom stereocenters. The molecule has 0 saturated heterocycles. The minimum atomic E-state index is 0.704. The lowest BCUT2D eigenvalue weighted by Crippen LogP contribution is -2.40. The Balaban J connectivity index is 2.44. The Hall–Kier alpha value is -0.0800. The van der Waals surface area contributed by atoms with Gasteiger partial charge in [-0.05, 0) is 53.1 Å². The molecule has 0 heterocycles. The van der Waals surface area contributed by atoms with Gasteiger partial charge in [0.25, 0.3) is 0 Å². The highest BCUT2D eigenvalue weighted by atomic mass is 15.2. The van der Waals surface area contributed by atoms with Crippen LogP contribution in [0.1, 0.15) is 46.5 Å². The molecule has 1 aliphatic carbocycles. The summed E-state index contributed by atoms with van der Waals surface area (Å²) in [6.07, 6.45) is 5.35. The van der Waals surface area contributed by atoms with Crippen molar-refractivity contribution < 1.29 is 0 Å². The maximum absolute atomic E-state index is 3.40. The molecule has 0 radical (unpaired) electrons. The molecule has 1 N–H and O–H groups in total. The Morgan fingerprint density at radius 2 is 2.07 bits per heavy atom. The van der Waals surface area contributed by atoms with E-state index in [4.69, 9.17) is 0 Å². The van der Waals surface area contributed by atoms with Crippen molar-refractivity contribution in [2.75, 3.05) is 13.6 Å². The number of nitrogens with one attached hydrogen (secondary N) is 1. The zero-order valence-corrected chi connectivity index (χ0v) is 10.2. The SMILES string of the molecule is CCCN(C(C)C)C1CCC(NC)C1. The topological polar surface area (TPSA) is 15.3 Å². The van der Waals surface area contributed by atoms with Gasteiger partial charge in [0.05, 0.1) is 0 Å². The minimum Gasteiger partial charge on any atom is -0.317 e. The fourth-order valence-electron chi connectivity index (χ4n) is 2.64. The molecular formula is C12H26N2. The van der Waals surface area contributed by atoms with Crippen molar-refractivity contribution in [1.82, 2.24) is 10.2 Å². The second-order valence-electron chi connectivity index (χ2n) is 4.78. The third-order valence-electron chi connectivity index (χ3n) is 3.43. The van der Waals surface area contributed by atoms with Crippen LogP contribution in [0.2, 0.25) is 0 Å². The fourth-order valence-corrected chi connectivity index (χ4v) is 2.64. The van der Waals surface area contributed by atoms with Crippen molar-refractivity contribution in [3.05, 3.63) is 0 Å². The molecule has 1 saturated carbocycles. The predicted octanol–water partition coefficient (Wildman–Crippen LogP) is 2.25. The van der Waals surface area contributed by atoms with E-state index in [1.54, 1.807) is 0 Å². The average molecular weight is 198 g/mol. The molecule has 1 fully saturated rings. The molecule has 1 aliphatic rings. The summed E-state index contributed by atoms with van der Waals surface area (Å²) in [7, 11) is 2.09. The van der Waals surface area contributed by atoms with Crippen LogP contribution in [0.5, 0.6) is 0 Å². The molecule has 0 amide bonds. The van der Waals surface area contributed by atoms with Gasteiger partial charge < -0.3 is 5.32 Å². The largest absolute Gasteiger partial charge is 0.317 e. The highest BCUT2D eigenvalue weighted by Gasteiger charge is 2.28. The summed E-state index contributed by atoms with van der Waals surface area (Å²) in [6.45, 7) is 8.18. The zero-order valence-electron chi connectivity index (χ0n) is 10.2. The summed E-state index contributed by atoms with van der Waals surface area (Å²) in [4.78, 5) is 2.68. The fraction of sp³-hybridized carbons (Fsp3) is 1.00. The van der Waals surface area contributed by atoms with Crippen molar-refractivity contribution in [3.63, 3.8) is 0 Å². The normalized spacial score (nSPS) is 27.9. The van der Waals surface area contributed by atoms with E-state index >= 15 is 0 Å². The van der Waals surface area contributed by atoms with Gasteiger partial charge in [0.15, 0.2) is 0 Å². The number of hydrogen-bond donors (Lipinski definition) is 1. The zero-order chi connectivity index (χ0) is 10.6. The molecule has 2 atom stereocenters. The third kappa shape index (κ3) is 2.96. The maximum Gasteiger partial charge on any atom is 0.0113 e. The first kappa shape index (κ1) is 12.0. The Labute approximate surface area is 89.1 Å². The summed E-state index contributed by atoms with van der Waals surface area (Å²) < 4.78 is 0.